The Morgan fingerprint density at radius 2 is 2.14 bits per heavy atom. The molecule has 0 aliphatic carbocycles. The van der Waals surface area contributed by atoms with Gasteiger partial charge in [0.15, 0.2) is 0 Å². The molecule has 1 aliphatic heterocycles. The van der Waals surface area contributed by atoms with E-state index in [1.807, 2.05) is 11.8 Å². The molecular weight excluding hydrogens is 268 g/mol. The van der Waals surface area contributed by atoms with Crippen molar-refractivity contribution in [2.75, 3.05) is 26.2 Å². The number of rotatable bonds is 5. The van der Waals surface area contributed by atoms with Crippen molar-refractivity contribution in [1.82, 2.24) is 4.90 Å². The van der Waals surface area contributed by atoms with E-state index < -0.39 is 0 Å². The van der Waals surface area contributed by atoms with Crippen LogP contribution in [0.15, 0.2) is 18.2 Å². The SMILES string of the molecule is Cc1ccc(C(=O)N2CCC(OCCCN)CC2)cc1O. The third-order valence-corrected chi connectivity index (χ3v) is 3.89. The molecule has 0 spiro atoms. The molecule has 2 rings (SSSR count). The number of aryl methyl sites for hydroxylation is 1. The summed E-state index contributed by atoms with van der Waals surface area (Å²) in [5.74, 6) is 0.145. The first-order chi connectivity index (χ1) is 10.1. The van der Waals surface area contributed by atoms with Crippen molar-refractivity contribution in [3.63, 3.8) is 0 Å². The summed E-state index contributed by atoms with van der Waals surface area (Å²) in [5.41, 5.74) is 6.76. The molecule has 5 nitrogen and oxygen atoms in total. The highest BCUT2D eigenvalue weighted by Crippen LogP contribution is 2.21. The second-order valence-electron chi connectivity index (χ2n) is 5.51. The summed E-state index contributed by atoms with van der Waals surface area (Å²) < 4.78 is 5.73. The van der Waals surface area contributed by atoms with Crippen LogP contribution in [-0.2, 0) is 4.74 Å². The van der Waals surface area contributed by atoms with E-state index in [2.05, 4.69) is 0 Å². The van der Waals surface area contributed by atoms with Crippen LogP contribution >= 0.6 is 0 Å². The van der Waals surface area contributed by atoms with Gasteiger partial charge in [-0.1, -0.05) is 6.07 Å². The number of hydrogen-bond donors (Lipinski definition) is 2. The maximum Gasteiger partial charge on any atom is 0.253 e. The number of piperidine rings is 1. The molecule has 0 atom stereocenters. The van der Waals surface area contributed by atoms with Crippen molar-refractivity contribution in [3.8, 4) is 5.75 Å². The van der Waals surface area contributed by atoms with E-state index in [-0.39, 0.29) is 17.8 Å². The summed E-state index contributed by atoms with van der Waals surface area (Å²) in [4.78, 5) is 14.2. The Kier molecular flexibility index (Phi) is 5.59. The van der Waals surface area contributed by atoms with E-state index in [1.54, 1.807) is 18.2 Å². The first-order valence-electron chi connectivity index (χ1n) is 7.52. The molecule has 1 aliphatic rings. The molecule has 1 amide bonds. The Morgan fingerprint density at radius 1 is 1.43 bits per heavy atom. The number of phenols is 1. The van der Waals surface area contributed by atoms with Crippen molar-refractivity contribution in [3.05, 3.63) is 29.3 Å². The summed E-state index contributed by atoms with van der Waals surface area (Å²) in [5, 5.41) is 9.71. The molecule has 1 saturated heterocycles. The first-order valence-corrected chi connectivity index (χ1v) is 7.52. The fourth-order valence-electron chi connectivity index (χ4n) is 2.48. The van der Waals surface area contributed by atoms with Crippen LogP contribution in [0.3, 0.4) is 0 Å². The second-order valence-corrected chi connectivity index (χ2v) is 5.51. The molecule has 1 aromatic rings. The number of ether oxygens (including phenoxy) is 1. The zero-order valence-electron chi connectivity index (χ0n) is 12.5. The average molecular weight is 292 g/mol. The van der Waals surface area contributed by atoms with Gasteiger partial charge in [0.2, 0.25) is 0 Å². The molecule has 116 valence electrons. The summed E-state index contributed by atoms with van der Waals surface area (Å²) >= 11 is 0. The number of carbonyl (C=O) groups is 1. The van der Waals surface area contributed by atoms with E-state index in [1.165, 1.54) is 0 Å². The maximum atomic E-state index is 12.4. The quantitative estimate of drug-likeness (QED) is 0.809. The van der Waals surface area contributed by atoms with Gasteiger partial charge < -0.3 is 20.5 Å². The number of benzene rings is 1. The summed E-state index contributed by atoms with van der Waals surface area (Å²) in [6.45, 7) is 4.55. The van der Waals surface area contributed by atoms with Crippen LogP contribution in [0, 0.1) is 6.92 Å². The number of amides is 1. The predicted molar refractivity (Wildman–Crippen MR) is 81.4 cm³/mol. The number of aromatic hydroxyl groups is 1. The fraction of sp³-hybridized carbons (Fsp3) is 0.562. The van der Waals surface area contributed by atoms with Crippen LogP contribution in [0.4, 0.5) is 0 Å². The highest BCUT2D eigenvalue weighted by atomic mass is 16.5. The normalized spacial score (nSPS) is 16.2. The minimum absolute atomic E-state index is 0.0225. The number of likely N-dealkylation sites (tertiary alicyclic amines) is 1. The van der Waals surface area contributed by atoms with Gasteiger partial charge in [-0.3, -0.25) is 4.79 Å². The number of hydrogen-bond acceptors (Lipinski definition) is 4. The molecule has 21 heavy (non-hydrogen) atoms. The average Bonchev–Trinajstić information content (AvgIpc) is 2.50. The Balaban J connectivity index is 1.86. The minimum atomic E-state index is -0.0225. The number of nitrogens with zero attached hydrogens (tertiary/aromatic N) is 1. The van der Waals surface area contributed by atoms with Crippen LogP contribution in [-0.4, -0.2) is 48.3 Å². The van der Waals surface area contributed by atoms with Crippen molar-refractivity contribution >= 4 is 5.91 Å². The highest BCUT2D eigenvalue weighted by molar-refractivity contribution is 5.94. The second kappa shape index (κ2) is 7.43. The third kappa shape index (κ3) is 4.19. The lowest BCUT2D eigenvalue weighted by Gasteiger charge is -2.32. The molecule has 0 bridgehead atoms. The predicted octanol–water partition coefficient (Wildman–Crippen LogP) is 1.67. The van der Waals surface area contributed by atoms with Crippen LogP contribution in [0.1, 0.15) is 35.2 Å². The Hall–Kier alpha value is -1.59. The number of nitrogens with two attached hydrogens (primary N) is 1. The van der Waals surface area contributed by atoms with Crippen LogP contribution in [0.5, 0.6) is 5.75 Å². The Bertz CT molecular complexity index is 482. The van der Waals surface area contributed by atoms with E-state index in [0.29, 0.717) is 31.8 Å². The zero-order valence-corrected chi connectivity index (χ0v) is 12.5. The Labute approximate surface area is 125 Å². The van der Waals surface area contributed by atoms with E-state index in [0.717, 1.165) is 24.8 Å². The fourth-order valence-corrected chi connectivity index (χ4v) is 2.48. The van der Waals surface area contributed by atoms with Gasteiger partial charge >= 0.3 is 0 Å². The smallest absolute Gasteiger partial charge is 0.253 e. The molecule has 0 unspecified atom stereocenters. The van der Waals surface area contributed by atoms with E-state index >= 15 is 0 Å². The molecule has 5 heteroatoms. The molecule has 3 N–H and O–H groups in total. The molecule has 1 fully saturated rings. The van der Waals surface area contributed by atoms with Gasteiger partial charge in [0.1, 0.15) is 5.75 Å². The van der Waals surface area contributed by atoms with Crippen molar-refractivity contribution < 1.29 is 14.6 Å². The molecule has 1 heterocycles. The van der Waals surface area contributed by atoms with Gasteiger partial charge in [0.25, 0.3) is 5.91 Å². The maximum absolute atomic E-state index is 12.4. The van der Waals surface area contributed by atoms with Crippen molar-refractivity contribution in [2.45, 2.75) is 32.3 Å². The van der Waals surface area contributed by atoms with Gasteiger partial charge in [-0.2, -0.15) is 0 Å². The third-order valence-electron chi connectivity index (χ3n) is 3.89. The van der Waals surface area contributed by atoms with Crippen molar-refractivity contribution in [2.24, 2.45) is 5.73 Å². The van der Waals surface area contributed by atoms with E-state index in [4.69, 9.17) is 10.5 Å². The summed E-state index contributed by atoms with van der Waals surface area (Å²) in [6.07, 6.45) is 2.82. The molecule has 0 saturated carbocycles. The topological polar surface area (TPSA) is 75.8 Å². The summed E-state index contributed by atoms with van der Waals surface area (Å²) in [7, 11) is 0. The number of phenolic OH excluding ortho intramolecular Hbond substituents is 1. The Morgan fingerprint density at radius 3 is 2.76 bits per heavy atom. The van der Waals surface area contributed by atoms with Gasteiger partial charge in [-0.25, -0.2) is 0 Å². The highest BCUT2D eigenvalue weighted by Gasteiger charge is 2.24. The van der Waals surface area contributed by atoms with Crippen LogP contribution in [0.2, 0.25) is 0 Å². The molecule has 0 radical (unpaired) electrons. The standard InChI is InChI=1S/C16H24N2O3/c1-12-3-4-13(11-15(12)19)16(20)18-8-5-14(6-9-18)21-10-2-7-17/h3-4,11,14,19H,2,5-10,17H2,1H3. The minimum Gasteiger partial charge on any atom is -0.508 e. The monoisotopic (exact) mass is 292 g/mol. The van der Waals surface area contributed by atoms with Crippen LogP contribution in [0.25, 0.3) is 0 Å². The molecular formula is C16H24N2O3. The number of carbonyl (C=O) groups excluding carboxylic acids is 1. The zero-order chi connectivity index (χ0) is 15.2. The first kappa shape index (κ1) is 15.8. The van der Waals surface area contributed by atoms with Gasteiger partial charge in [0, 0.05) is 25.3 Å². The summed E-state index contributed by atoms with van der Waals surface area (Å²) in [6, 6.07) is 5.08. The van der Waals surface area contributed by atoms with E-state index in [9.17, 15) is 9.90 Å². The lowest BCUT2D eigenvalue weighted by molar-refractivity contribution is 0.00843. The lowest BCUT2D eigenvalue weighted by atomic mass is 10.1. The molecule has 0 aromatic heterocycles. The molecule has 1 aromatic carbocycles. The van der Waals surface area contributed by atoms with Gasteiger partial charge in [0.05, 0.1) is 6.10 Å². The van der Waals surface area contributed by atoms with Gasteiger partial charge in [-0.15, -0.1) is 0 Å². The largest absolute Gasteiger partial charge is 0.508 e. The van der Waals surface area contributed by atoms with Crippen LogP contribution < -0.4 is 5.73 Å². The van der Waals surface area contributed by atoms with Gasteiger partial charge in [-0.05, 0) is 50.4 Å². The lowest BCUT2D eigenvalue weighted by Crippen LogP contribution is -2.41. The van der Waals surface area contributed by atoms with Crippen molar-refractivity contribution in [1.29, 1.82) is 0 Å².